The van der Waals surface area contributed by atoms with Crippen LogP contribution < -0.4 is 9.13 Å². The first-order valence-corrected chi connectivity index (χ1v) is 11.3. The van der Waals surface area contributed by atoms with Crippen LogP contribution in [0.4, 0.5) is 0 Å². The summed E-state index contributed by atoms with van der Waals surface area (Å²) in [6.07, 6.45) is 8.09. The lowest BCUT2D eigenvalue weighted by Crippen LogP contribution is -2.43. The van der Waals surface area contributed by atoms with Gasteiger partial charge in [0.1, 0.15) is 0 Å². The van der Waals surface area contributed by atoms with E-state index in [1.165, 1.54) is 73.0 Å². The van der Waals surface area contributed by atoms with Gasteiger partial charge in [-0.15, -0.1) is 0 Å². The van der Waals surface area contributed by atoms with Crippen LogP contribution in [0.15, 0.2) is 34.3 Å². The van der Waals surface area contributed by atoms with Crippen LogP contribution in [-0.4, -0.2) is 11.5 Å². The fraction of sp³-hybridized carbons (Fsp3) is 0.500. The fourth-order valence-corrected chi connectivity index (χ4v) is 6.60. The average Bonchev–Trinajstić information content (AvgIpc) is 3.23. The van der Waals surface area contributed by atoms with Crippen LogP contribution in [0.1, 0.15) is 36.8 Å². The Morgan fingerprint density at radius 3 is 2.58 bits per heavy atom. The van der Waals surface area contributed by atoms with Gasteiger partial charge < -0.3 is 0 Å². The van der Waals surface area contributed by atoms with Gasteiger partial charge in [0, 0.05) is 23.8 Å². The van der Waals surface area contributed by atoms with Crippen molar-refractivity contribution in [1.82, 2.24) is 0 Å². The van der Waals surface area contributed by atoms with E-state index in [0.717, 1.165) is 6.54 Å². The van der Waals surface area contributed by atoms with Crippen LogP contribution >= 0.6 is 23.5 Å². The fourth-order valence-electron chi connectivity index (χ4n) is 4.38. The minimum absolute atomic E-state index is 1.15. The number of rotatable bonds is 1. The SMILES string of the molecule is c1cc2[n+](c(-c3cc4c(c5[n+]3CCS5)CCCCCC4)c1)CCS2. The van der Waals surface area contributed by atoms with E-state index in [2.05, 4.69) is 45.2 Å². The van der Waals surface area contributed by atoms with Gasteiger partial charge in [0.05, 0.1) is 11.5 Å². The van der Waals surface area contributed by atoms with Crippen LogP contribution in [0, 0.1) is 0 Å². The van der Waals surface area contributed by atoms with Crippen LogP contribution in [0.2, 0.25) is 0 Å². The highest BCUT2D eigenvalue weighted by Gasteiger charge is 2.36. The standard InChI is InChI=1S/C20H24N2S2/c1-2-4-7-16-15(6-3-1)14-18(22-11-13-24-20(16)22)17-8-5-9-19-21(17)10-12-23-19/h5,8-9,14H,1-4,6-7,10-13H2/q+2. The molecule has 2 nitrogen and oxygen atoms in total. The third-order valence-corrected chi connectivity index (χ3v) is 7.71. The molecular formula is C20H24N2S2+2. The number of fused-ring (bicyclic) bond motifs is 4. The maximum Gasteiger partial charge on any atom is 0.278 e. The van der Waals surface area contributed by atoms with Crippen molar-refractivity contribution < 1.29 is 9.13 Å². The Morgan fingerprint density at radius 2 is 1.62 bits per heavy atom. The molecule has 0 saturated carbocycles. The number of hydrogen-bond donors (Lipinski definition) is 0. The topological polar surface area (TPSA) is 7.76 Å². The zero-order valence-corrected chi connectivity index (χ0v) is 15.7. The molecule has 5 rings (SSSR count). The first-order chi connectivity index (χ1) is 11.9. The highest BCUT2D eigenvalue weighted by Crippen LogP contribution is 2.34. The number of aryl methyl sites for hydroxylation is 1. The van der Waals surface area contributed by atoms with Crippen molar-refractivity contribution >= 4 is 23.5 Å². The van der Waals surface area contributed by atoms with E-state index in [0.29, 0.717) is 0 Å². The molecule has 2 aliphatic heterocycles. The second-order valence-electron chi connectivity index (χ2n) is 7.00. The molecule has 1 aliphatic carbocycles. The van der Waals surface area contributed by atoms with Gasteiger partial charge in [-0.25, -0.2) is 0 Å². The van der Waals surface area contributed by atoms with Gasteiger partial charge in [0.2, 0.25) is 10.1 Å². The number of nitrogens with zero attached hydrogens (tertiary/aromatic N) is 2. The Hall–Kier alpha value is -1.00. The summed E-state index contributed by atoms with van der Waals surface area (Å²) >= 11 is 4.08. The highest BCUT2D eigenvalue weighted by atomic mass is 32.2. The second-order valence-corrected chi connectivity index (χ2v) is 9.20. The summed E-state index contributed by atoms with van der Waals surface area (Å²) in [4.78, 5) is 0. The molecule has 124 valence electrons. The Bertz CT molecular complexity index is 801. The molecule has 0 N–H and O–H groups in total. The Morgan fingerprint density at radius 1 is 0.792 bits per heavy atom. The minimum atomic E-state index is 1.15. The van der Waals surface area contributed by atoms with Gasteiger partial charge in [-0.2, -0.15) is 9.13 Å². The summed E-state index contributed by atoms with van der Waals surface area (Å²) in [6, 6.07) is 9.39. The maximum absolute atomic E-state index is 2.62. The number of hydrogen-bond acceptors (Lipinski definition) is 2. The van der Waals surface area contributed by atoms with Gasteiger partial charge in [0.25, 0.3) is 11.4 Å². The molecular weight excluding hydrogens is 332 g/mol. The van der Waals surface area contributed by atoms with Gasteiger partial charge in [-0.05, 0) is 37.3 Å². The van der Waals surface area contributed by atoms with E-state index in [4.69, 9.17) is 0 Å². The molecule has 3 aliphatic rings. The van der Waals surface area contributed by atoms with Crippen molar-refractivity contribution in [1.29, 1.82) is 0 Å². The van der Waals surface area contributed by atoms with E-state index in [9.17, 15) is 0 Å². The number of thioether (sulfide) groups is 2. The normalized spacial score (nSPS) is 19.3. The zero-order chi connectivity index (χ0) is 15.9. The van der Waals surface area contributed by atoms with Crippen molar-refractivity contribution in [3.8, 4) is 11.4 Å². The monoisotopic (exact) mass is 356 g/mol. The molecule has 4 heterocycles. The summed E-state index contributed by atoms with van der Waals surface area (Å²) in [6.45, 7) is 2.32. The molecule has 0 atom stereocenters. The van der Waals surface area contributed by atoms with E-state index in [-0.39, 0.29) is 0 Å². The van der Waals surface area contributed by atoms with Gasteiger partial charge >= 0.3 is 0 Å². The molecule has 4 heteroatoms. The largest absolute Gasteiger partial charge is 0.278 e. The summed E-state index contributed by atoms with van der Waals surface area (Å²) in [7, 11) is 0. The van der Waals surface area contributed by atoms with Gasteiger partial charge in [-0.3, -0.25) is 0 Å². The third-order valence-electron chi connectivity index (χ3n) is 5.55. The zero-order valence-electron chi connectivity index (χ0n) is 14.1. The molecule has 0 spiro atoms. The average molecular weight is 357 g/mol. The van der Waals surface area contributed by atoms with Gasteiger partial charge in [0.15, 0.2) is 13.1 Å². The molecule has 2 aromatic rings. The lowest BCUT2D eigenvalue weighted by molar-refractivity contribution is -0.741. The smallest absolute Gasteiger partial charge is 0.180 e. The first kappa shape index (κ1) is 15.3. The van der Waals surface area contributed by atoms with Crippen molar-refractivity contribution in [2.24, 2.45) is 0 Å². The number of aromatic nitrogens is 2. The molecule has 0 bridgehead atoms. The van der Waals surface area contributed by atoms with Crippen LogP contribution in [0.5, 0.6) is 0 Å². The van der Waals surface area contributed by atoms with E-state index >= 15 is 0 Å². The molecule has 0 radical (unpaired) electrons. The van der Waals surface area contributed by atoms with Crippen molar-refractivity contribution in [3.05, 3.63) is 35.4 Å². The molecule has 24 heavy (non-hydrogen) atoms. The second kappa shape index (κ2) is 6.38. The molecule has 0 aromatic carbocycles. The first-order valence-electron chi connectivity index (χ1n) is 9.29. The molecule has 0 fully saturated rings. The summed E-state index contributed by atoms with van der Waals surface area (Å²) in [5, 5.41) is 3.01. The Balaban J connectivity index is 1.71. The third kappa shape index (κ3) is 2.50. The summed E-state index contributed by atoms with van der Waals surface area (Å²) in [5.74, 6) is 2.45. The lowest BCUT2D eigenvalue weighted by Gasteiger charge is -2.15. The predicted octanol–water partition coefficient (Wildman–Crippen LogP) is 3.80. The van der Waals surface area contributed by atoms with E-state index in [1.54, 1.807) is 16.2 Å². The van der Waals surface area contributed by atoms with Crippen LogP contribution in [-0.2, 0) is 25.9 Å². The lowest BCUT2D eigenvalue weighted by atomic mass is 9.93. The quantitative estimate of drug-likeness (QED) is 0.718. The minimum Gasteiger partial charge on any atom is -0.180 e. The number of pyridine rings is 2. The summed E-state index contributed by atoms with van der Waals surface area (Å²) in [5.41, 5.74) is 6.19. The van der Waals surface area contributed by atoms with Gasteiger partial charge in [-0.1, -0.05) is 36.4 Å². The maximum atomic E-state index is 2.62. The van der Waals surface area contributed by atoms with Crippen molar-refractivity contribution in [3.63, 3.8) is 0 Å². The van der Waals surface area contributed by atoms with Crippen LogP contribution in [0.3, 0.4) is 0 Å². The molecule has 0 amide bonds. The molecule has 2 aromatic heterocycles. The molecule has 0 saturated heterocycles. The van der Waals surface area contributed by atoms with E-state index in [1.807, 2.05) is 11.8 Å². The highest BCUT2D eigenvalue weighted by molar-refractivity contribution is 7.99. The van der Waals surface area contributed by atoms with Crippen molar-refractivity contribution in [2.45, 2.75) is 61.7 Å². The Labute approximate surface area is 152 Å². The summed E-state index contributed by atoms with van der Waals surface area (Å²) < 4.78 is 5.16. The van der Waals surface area contributed by atoms with Crippen molar-refractivity contribution in [2.75, 3.05) is 11.5 Å². The van der Waals surface area contributed by atoms with Crippen LogP contribution in [0.25, 0.3) is 11.4 Å². The molecule has 0 unspecified atom stereocenters. The Kier molecular flexibility index (Phi) is 4.06. The van der Waals surface area contributed by atoms with E-state index < -0.39 is 0 Å². The predicted molar refractivity (Wildman–Crippen MR) is 99.6 cm³/mol.